The summed E-state index contributed by atoms with van der Waals surface area (Å²) in [5.41, 5.74) is 1.95. The van der Waals surface area contributed by atoms with Crippen LogP contribution in [0.1, 0.15) is 52.9 Å². The van der Waals surface area contributed by atoms with Crippen molar-refractivity contribution in [3.05, 3.63) is 24.3 Å². The molecule has 1 rings (SSSR count). The maximum absolute atomic E-state index is 11.4. The molecule has 0 saturated carbocycles. The van der Waals surface area contributed by atoms with Crippen LogP contribution in [0.2, 0.25) is 0 Å². The van der Waals surface area contributed by atoms with Gasteiger partial charge in [0.05, 0.1) is 0 Å². The lowest BCUT2D eigenvalue weighted by Crippen LogP contribution is -2.19. The van der Waals surface area contributed by atoms with E-state index in [1.165, 1.54) is 25.7 Å². The largest absolute Gasteiger partial charge is 0.382 e. The highest BCUT2D eigenvalue weighted by atomic mass is 16.1. The number of amides is 1. The monoisotopic (exact) mass is 262 g/mol. The summed E-state index contributed by atoms with van der Waals surface area (Å²) in [7, 11) is 0. The van der Waals surface area contributed by atoms with Gasteiger partial charge in [-0.1, -0.05) is 39.7 Å². The summed E-state index contributed by atoms with van der Waals surface area (Å²) >= 11 is 0. The van der Waals surface area contributed by atoms with E-state index < -0.39 is 0 Å². The van der Waals surface area contributed by atoms with Gasteiger partial charge >= 0.3 is 0 Å². The van der Waals surface area contributed by atoms with Crippen molar-refractivity contribution in [2.24, 2.45) is 0 Å². The Morgan fingerprint density at radius 3 is 2.32 bits per heavy atom. The van der Waals surface area contributed by atoms with Crippen molar-refractivity contribution in [2.45, 2.75) is 58.9 Å². The normalized spacial score (nSPS) is 10.5. The highest BCUT2D eigenvalue weighted by Crippen LogP contribution is 2.18. The molecule has 0 aliphatic heterocycles. The fraction of sp³-hybridized carbons (Fsp3) is 0.562. The zero-order valence-corrected chi connectivity index (χ0v) is 12.3. The minimum Gasteiger partial charge on any atom is -0.382 e. The molecule has 1 amide bonds. The summed E-state index contributed by atoms with van der Waals surface area (Å²) < 4.78 is 0. The number of carbonyl (C=O) groups is 1. The van der Waals surface area contributed by atoms with Gasteiger partial charge in [-0.15, -0.1) is 0 Å². The number of hydrogen-bond acceptors (Lipinski definition) is 2. The van der Waals surface area contributed by atoms with E-state index in [2.05, 4.69) is 30.5 Å². The van der Waals surface area contributed by atoms with Gasteiger partial charge in [0.1, 0.15) is 0 Å². The molecule has 0 unspecified atom stereocenters. The zero-order chi connectivity index (χ0) is 14.1. The second kappa shape index (κ2) is 8.57. The van der Waals surface area contributed by atoms with Gasteiger partial charge in [-0.05, 0) is 31.0 Å². The van der Waals surface area contributed by atoms with E-state index in [0.717, 1.165) is 11.4 Å². The van der Waals surface area contributed by atoms with Gasteiger partial charge < -0.3 is 10.6 Å². The maximum Gasteiger partial charge on any atom is 0.224 e. The summed E-state index contributed by atoms with van der Waals surface area (Å²) in [6.45, 7) is 6.28. The van der Waals surface area contributed by atoms with Crippen molar-refractivity contribution < 1.29 is 4.79 Å². The summed E-state index contributed by atoms with van der Waals surface area (Å²) in [6.07, 6.45) is 5.23. The van der Waals surface area contributed by atoms with E-state index in [1.54, 1.807) is 0 Å². The first kappa shape index (κ1) is 15.5. The van der Waals surface area contributed by atoms with Crippen LogP contribution in [-0.2, 0) is 4.79 Å². The van der Waals surface area contributed by atoms with Crippen molar-refractivity contribution in [1.29, 1.82) is 0 Å². The van der Waals surface area contributed by atoms with Crippen LogP contribution in [0.4, 0.5) is 11.4 Å². The molecule has 0 aromatic heterocycles. The Bertz CT molecular complexity index is 384. The summed E-state index contributed by atoms with van der Waals surface area (Å²) in [5, 5.41) is 6.45. The topological polar surface area (TPSA) is 41.1 Å². The number of hydrogen-bond donors (Lipinski definition) is 2. The highest BCUT2D eigenvalue weighted by Gasteiger charge is 2.07. The van der Waals surface area contributed by atoms with E-state index in [-0.39, 0.29) is 5.91 Å². The molecule has 3 heteroatoms. The Morgan fingerprint density at radius 1 is 1.11 bits per heavy atom. The molecule has 106 valence electrons. The molecule has 0 heterocycles. The SMILES string of the molecule is CCCC(CCC)Nc1cccc(NC(=O)CC)c1. The van der Waals surface area contributed by atoms with Crippen LogP contribution < -0.4 is 10.6 Å². The third-order valence-electron chi connectivity index (χ3n) is 3.11. The zero-order valence-electron chi connectivity index (χ0n) is 12.3. The molecule has 0 aliphatic rings. The number of benzene rings is 1. The molecule has 0 radical (unpaired) electrons. The average molecular weight is 262 g/mol. The van der Waals surface area contributed by atoms with E-state index in [9.17, 15) is 4.79 Å². The molecule has 0 saturated heterocycles. The third-order valence-corrected chi connectivity index (χ3v) is 3.11. The summed E-state index contributed by atoms with van der Waals surface area (Å²) in [5.74, 6) is 0.0517. The van der Waals surface area contributed by atoms with Crippen molar-refractivity contribution in [3.8, 4) is 0 Å². The Balaban J connectivity index is 2.66. The van der Waals surface area contributed by atoms with Crippen LogP contribution in [-0.4, -0.2) is 11.9 Å². The van der Waals surface area contributed by atoms with Crippen molar-refractivity contribution in [2.75, 3.05) is 10.6 Å². The summed E-state index contributed by atoms with van der Waals surface area (Å²) in [4.78, 5) is 11.4. The lowest BCUT2D eigenvalue weighted by molar-refractivity contribution is -0.115. The Morgan fingerprint density at radius 2 is 1.74 bits per heavy atom. The number of nitrogens with one attached hydrogen (secondary N) is 2. The molecule has 1 aromatic carbocycles. The number of rotatable bonds is 8. The fourth-order valence-corrected chi connectivity index (χ4v) is 2.16. The van der Waals surface area contributed by atoms with Gasteiger partial charge in [0.2, 0.25) is 5.91 Å². The van der Waals surface area contributed by atoms with Crippen LogP contribution in [0, 0.1) is 0 Å². The quantitative estimate of drug-likeness (QED) is 0.728. The van der Waals surface area contributed by atoms with Crippen LogP contribution in [0.25, 0.3) is 0 Å². The first-order valence-corrected chi connectivity index (χ1v) is 7.36. The van der Waals surface area contributed by atoms with E-state index in [0.29, 0.717) is 12.5 Å². The van der Waals surface area contributed by atoms with Gasteiger partial charge in [0, 0.05) is 23.8 Å². The summed E-state index contributed by atoms with van der Waals surface area (Å²) in [6, 6.07) is 8.48. The van der Waals surface area contributed by atoms with Gasteiger partial charge in [-0.2, -0.15) is 0 Å². The first-order chi connectivity index (χ1) is 9.19. The van der Waals surface area contributed by atoms with Gasteiger partial charge in [-0.3, -0.25) is 4.79 Å². The molecule has 1 aromatic rings. The molecule has 0 spiro atoms. The standard InChI is InChI=1S/C16H26N2O/c1-4-8-13(9-5-2)17-14-10-7-11-15(12-14)18-16(19)6-3/h7,10-13,17H,4-6,8-9H2,1-3H3,(H,18,19). The van der Waals surface area contributed by atoms with Gasteiger partial charge in [0.15, 0.2) is 0 Å². The van der Waals surface area contributed by atoms with Crippen LogP contribution in [0.15, 0.2) is 24.3 Å². The van der Waals surface area contributed by atoms with E-state index in [1.807, 2.05) is 25.1 Å². The maximum atomic E-state index is 11.4. The highest BCUT2D eigenvalue weighted by molar-refractivity contribution is 5.90. The van der Waals surface area contributed by atoms with E-state index in [4.69, 9.17) is 0 Å². The predicted octanol–water partition coefficient (Wildman–Crippen LogP) is 4.42. The molecule has 2 N–H and O–H groups in total. The van der Waals surface area contributed by atoms with Crippen LogP contribution in [0.5, 0.6) is 0 Å². The number of anilines is 2. The second-order valence-electron chi connectivity index (χ2n) is 4.90. The Labute approximate surface area is 116 Å². The van der Waals surface area contributed by atoms with E-state index >= 15 is 0 Å². The molecule has 0 bridgehead atoms. The van der Waals surface area contributed by atoms with Crippen LogP contribution >= 0.6 is 0 Å². The predicted molar refractivity (Wildman–Crippen MR) is 82.6 cm³/mol. The lowest BCUT2D eigenvalue weighted by Gasteiger charge is -2.19. The molecule has 19 heavy (non-hydrogen) atoms. The van der Waals surface area contributed by atoms with Crippen LogP contribution in [0.3, 0.4) is 0 Å². The third kappa shape index (κ3) is 5.77. The minimum atomic E-state index is 0.0517. The molecule has 0 atom stereocenters. The molecular weight excluding hydrogens is 236 g/mol. The number of carbonyl (C=O) groups excluding carboxylic acids is 1. The van der Waals surface area contributed by atoms with Crippen molar-refractivity contribution in [3.63, 3.8) is 0 Å². The Hall–Kier alpha value is -1.51. The first-order valence-electron chi connectivity index (χ1n) is 7.36. The smallest absolute Gasteiger partial charge is 0.224 e. The second-order valence-corrected chi connectivity index (χ2v) is 4.90. The fourth-order valence-electron chi connectivity index (χ4n) is 2.16. The van der Waals surface area contributed by atoms with Crippen molar-refractivity contribution in [1.82, 2.24) is 0 Å². The molecule has 0 fully saturated rings. The average Bonchev–Trinajstić information content (AvgIpc) is 2.39. The molecule has 3 nitrogen and oxygen atoms in total. The Kier molecular flexibility index (Phi) is 7.01. The minimum absolute atomic E-state index is 0.0517. The van der Waals surface area contributed by atoms with Gasteiger partial charge in [0.25, 0.3) is 0 Å². The lowest BCUT2D eigenvalue weighted by atomic mass is 10.1. The molecular formula is C16H26N2O. The molecule has 0 aliphatic carbocycles. The van der Waals surface area contributed by atoms with Gasteiger partial charge in [-0.25, -0.2) is 0 Å². The van der Waals surface area contributed by atoms with Crippen molar-refractivity contribution >= 4 is 17.3 Å².